The molecule has 0 saturated heterocycles. The van der Waals surface area contributed by atoms with Gasteiger partial charge >= 0.3 is 0 Å². The van der Waals surface area contributed by atoms with Crippen molar-refractivity contribution < 1.29 is 19.1 Å². The summed E-state index contributed by atoms with van der Waals surface area (Å²) in [4.78, 5) is 35.9. The van der Waals surface area contributed by atoms with E-state index in [0.29, 0.717) is 34.4 Å². The van der Waals surface area contributed by atoms with Crippen LogP contribution >= 0.6 is 0 Å². The van der Waals surface area contributed by atoms with Crippen LogP contribution < -0.4 is 19.7 Å². The number of carbonyl (C=O) groups is 2. The van der Waals surface area contributed by atoms with Gasteiger partial charge in [-0.2, -0.15) is 0 Å². The molecule has 2 N–H and O–H groups in total. The fourth-order valence-corrected chi connectivity index (χ4v) is 4.34. The number of hydrogen-bond donors (Lipinski definition) is 2. The normalized spacial score (nSPS) is 18.4. The number of ether oxygens (including phenoxy) is 2. The fraction of sp³-hybridized carbons (Fsp3) is 0.292. The van der Waals surface area contributed by atoms with E-state index < -0.39 is 5.54 Å². The van der Waals surface area contributed by atoms with Gasteiger partial charge in [0.25, 0.3) is 0 Å². The van der Waals surface area contributed by atoms with Gasteiger partial charge in [0, 0.05) is 31.7 Å². The minimum atomic E-state index is -1.16. The van der Waals surface area contributed by atoms with E-state index in [2.05, 4.69) is 15.3 Å². The standard InChI is InChI=1S/C24H26N4O4/c1-14(29)13-24(2)21(30)20(22-26-18-8-6-7-9-19(18)27-22)23(25-3)28(24)15-10-16(31-4)12-17(11-15)32-5/h6-12,25H,13H2,1-5H3,(H,26,27). The number of nitrogens with one attached hydrogen (secondary N) is 2. The van der Waals surface area contributed by atoms with Crippen molar-refractivity contribution in [3.63, 3.8) is 0 Å². The molecule has 8 nitrogen and oxygen atoms in total. The summed E-state index contributed by atoms with van der Waals surface area (Å²) in [6.07, 6.45) is 0.0280. The molecule has 0 fully saturated rings. The number of H-pyrrole nitrogens is 1. The number of hydrogen-bond acceptors (Lipinski definition) is 7. The Hall–Kier alpha value is -3.81. The number of nitrogens with zero attached hydrogens (tertiary/aromatic N) is 2. The van der Waals surface area contributed by atoms with Gasteiger partial charge < -0.3 is 24.7 Å². The minimum Gasteiger partial charge on any atom is -0.497 e. The highest BCUT2D eigenvalue weighted by molar-refractivity contribution is 6.30. The molecular weight excluding hydrogens is 408 g/mol. The van der Waals surface area contributed by atoms with E-state index in [1.807, 2.05) is 41.3 Å². The highest BCUT2D eigenvalue weighted by Crippen LogP contribution is 2.44. The quantitative estimate of drug-likeness (QED) is 0.589. The molecule has 1 aliphatic rings. The Balaban J connectivity index is 1.97. The second kappa shape index (κ2) is 8.03. The molecule has 2 aromatic carbocycles. The zero-order chi connectivity index (χ0) is 23.0. The number of methoxy groups -OCH3 is 2. The van der Waals surface area contributed by atoms with Crippen LogP contribution in [0.15, 0.2) is 48.3 Å². The first-order chi connectivity index (χ1) is 15.3. The number of carbonyl (C=O) groups excluding carboxylic acids is 2. The molecule has 0 spiro atoms. The Morgan fingerprint density at radius 2 is 1.81 bits per heavy atom. The Morgan fingerprint density at radius 3 is 2.38 bits per heavy atom. The molecule has 0 radical (unpaired) electrons. The summed E-state index contributed by atoms with van der Waals surface area (Å²) < 4.78 is 10.9. The lowest BCUT2D eigenvalue weighted by Crippen LogP contribution is -2.50. The van der Waals surface area contributed by atoms with E-state index in [1.165, 1.54) is 6.92 Å². The molecule has 4 rings (SSSR count). The number of Topliss-reactive ketones (excluding diaryl/α,β-unsaturated/α-hetero) is 2. The van der Waals surface area contributed by atoms with E-state index in [9.17, 15) is 9.59 Å². The lowest BCUT2D eigenvalue weighted by Gasteiger charge is -2.37. The second-order valence-electron chi connectivity index (χ2n) is 7.96. The van der Waals surface area contributed by atoms with Crippen molar-refractivity contribution in [3.05, 3.63) is 54.1 Å². The van der Waals surface area contributed by atoms with Crippen LogP contribution in [0.5, 0.6) is 11.5 Å². The van der Waals surface area contributed by atoms with E-state index in [-0.39, 0.29) is 18.0 Å². The number of ketones is 2. The third-order valence-corrected chi connectivity index (χ3v) is 5.72. The van der Waals surface area contributed by atoms with Gasteiger partial charge in [0.15, 0.2) is 5.78 Å². The van der Waals surface area contributed by atoms with Crippen molar-refractivity contribution in [1.29, 1.82) is 0 Å². The van der Waals surface area contributed by atoms with E-state index in [4.69, 9.17) is 9.47 Å². The molecule has 2 heterocycles. The van der Waals surface area contributed by atoms with Crippen molar-refractivity contribution in [2.24, 2.45) is 0 Å². The molecule has 0 amide bonds. The van der Waals surface area contributed by atoms with Gasteiger partial charge in [-0.15, -0.1) is 0 Å². The first-order valence-corrected chi connectivity index (χ1v) is 10.3. The molecule has 1 atom stereocenters. The zero-order valence-corrected chi connectivity index (χ0v) is 18.8. The number of benzene rings is 2. The van der Waals surface area contributed by atoms with Crippen LogP contribution in [0.1, 0.15) is 26.1 Å². The summed E-state index contributed by atoms with van der Waals surface area (Å²) in [5.74, 6) is 1.86. The fourth-order valence-electron chi connectivity index (χ4n) is 4.34. The highest BCUT2D eigenvalue weighted by Gasteiger charge is 2.52. The molecule has 3 aromatic rings. The smallest absolute Gasteiger partial charge is 0.196 e. The van der Waals surface area contributed by atoms with Crippen LogP contribution in [0.3, 0.4) is 0 Å². The molecule has 166 valence electrons. The minimum absolute atomic E-state index is 0.0280. The van der Waals surface area contributed by atoms with Crippen molar-refractivity contribution in [3.8, 4) is 11.5 Å². The Bertz CT molecular complexity index is 1190. The molecule has 0 bridgehead atoms. The van der Waals surface area contributed by atoms with Gasteiger partial charge in [-0.1, -0.05) is 12.1 Å². The van der Waals surface area contributed by atoms with E-state index in [0.717, 1.165) is 11.0 Å². The summed E-state index contributed by atoms with van der Waals surface area (Å²) in [5.41, 5.74) is 1.49. The maximum atomic E-state index is 13.9. The van der Waals surface area contributed by atoms with Gasteiger partial charge in [-0.3, -0.25) is 9.59 Å². The highest BCUT2D eigenvalue weighted by atomic mass is 16.5. The molecule has 0 aliphatic carbocycles. The number of aromatic nitrogens is 2. The average molecular weight is 434 g/mol. The van der Waals surface area contributed by atoms with Gasteiger partial charge in [-0.25, -0.2) is 4.98 Å². The van der Waals surface area contributed by atoms with Crippen molar-refractivity contribution in [1.82, 2.24) is 15.3 Å². The van der Waals surface area contributed by atoms with Crippen LogP contribution in [-0.2, 0) is 9.59 Å². The van der Waals surface area contributed by atoms with Crippen LogP contribution in [0.25, 0.3) is 16.6 Å². The number of fused-ring (bicyclic) bond motifs is 1. The summed E-state index contributed by atoms with van der Waals surface area (Å²) in [6, 6.07) is 13.0. The summed E-state index contributed by atoms with van der Waals surface area (Å²) in [7, 11) is 4.88. The predicted octanol–water partition coefficient (Wildman–Crippen LogP) is 3.30. The lowest BCUT2D eigenvalue weighted by molar-refractivity contribution is -0.123. The Kier molecular flexibility index (Phi) is 5.38. The molecule has 1 aliphatic heterocycles. The number of para-hydroxylation sites is 2. The van der Waals surface area contributed by atoms with Gasteiger partial charge in [0.2, 0.25) is 0 Å². The van der Waals surface area contributed by atoms with Crippen molar-refractivity contribution >= 4 is 33.9 Å². The second-order valence-corrected chi connectivity index (χ2v) is 7.96. The summed E-state index contributed by atoms with van der Waals surface area (Å²) in [5, 5.41) is 3.17. The lowest BCUT2D eigenvalue weighted by atomic mass is 9.88. The maximum absolute atomic E-state index is 13.9. The topological polar surface area (TPSA) is 96.5 Å². The molecule has 32 heavy (non-hydrogen) atoms. The first kappa shape index (κ1) is 21.4. The summed E-state index contributed by atoms with van der Waals surface area (Å²) >= 11 is 0. The Labute approximate surface area is 186 Å². The van der Waals surface area contributed by atoms with Crippen LogP contribution in [0.4, 0.5) is 5.69 Å². The largest absolute Gasteiger partial charge is 0.497 e. The number of imidazole rings is 1. The number of aromatic amines is 1. The molecule has 1 aromatic heterocycles. The Morgan fingerprint density at radius 1 is 1.16 bits per heavy atom. The predicted molar refractivity (Wildman–Crippen MR) is 123 cm³/mol. The maximum Gasteiger partial charge on any atom is 0.196 e. The summed E-state index contributed by atoms with van der Waals surface area (Å²) in [6.45, 7) is 3.26. The first-order valence-electron chi connectivity index (χ1n) is 10.3. The molecule has 8 heteroatoms. The van der Waals surface area contributed by atoms with Crippen LogP contribution in [0, 0.1) is 0 Å². The zero-order valence-electron chi connectivity index (χ0n) is 18.8. The van der Waals surface area contributed by atoms with E-state index in [1.54, 1.807) is 34.3 Å². The SMILES string of the molecule is CNC1=C(c2nc3ccccc3[nH]2)C(=O)C(C)(CC(C)=O)N1c1cc(OC)cc(OC)c1. The van der Waals surface area contributed by atoms with Gasteiger partial charge in [-0.05, 0) is 26.0 Å². The number of anilines is 1. The average Bonchev–Trinajstić information content (AvgIpc) is 3.29. The van der Waals surface area contributed by atoms with Crippen molar-refractivity contribution in [2.45, 2.75) is 25.8 Å². The molecule has 0 saturated carbocycles. The number of rotatable bonds is 7. The van der Waals surface area contributed by atoms with E-state index >= 15 is 0 Å². The third-order valence-electron chi connectivity index (χ3n) is 5.72. The van der Waals surface area contributed by atoms with Crippen LogP contribution in [-0.4, -0.2) is 48.3 Å². The van der Waals surface area contributed by atoms with Crippen LogP contribution in [0.2, 0.25) is 0 Å². The monoisotopic (exact) mass is 434 g/mol. The van der Waals surface area contributed by atoms with Crippen molar-refractivity contribution in [2.75, 3.05) is 26.2 Å². The molecule has 1 unspecified atom stereocenters. The third kappa shape index (κ3) is 3.37. The molecular formula is C24H26N4O4. The van der Waals surface area contributed by atoms with Gasteiger partial charge in [0.05, 0.1) is 30.9 Å². The van der Waals surface area contributed by atoms with Gasteiger partial charge in [0.1, 0.15) is 40.0 Å².